The third-order valence-electron chi connectivity index (χ3n) is 2.55. The van der Waals surface area contributed by atoms with Gasteiger partial charge in [-0.3, -0.25) is 0 Å². The third kappa shape index (κ3) is 4.56. The number of rotatable bonds is 6. The zero-order chi connectivity index (χ0) is 15.2. The van der Waals surface area contributed by atoms with Crippen molar-refractivity contribution in [2.45, 2.75) is 13.5 Å². The van der Waals surface area contributed by atoms with Crippen LogP contribution >= 0.6 is 27.5 Å². The van der Waals surface area contributed by atoms with Crippen molar-refractivity contribution >= 4 is 33.3 Å². The number of hydrogen-bond acceptors (Lipinski definition) is 5. The van der Waals surface area contributed by atoms with Crippen LogP contribution in [0.15, 0.2) is 28.7 Å². The maximum atomic E-state index is 6.14. The van der Waals surface area contributed by atoms with Crippen LogP contribution in [0.1, 0.15) is 12.7 Å². The van der Waals surface area contributed by atoms with Crippen LogP contribution in [0.3, 0.4) is 0 Å². The average molecular weight is 373 g/mol. The van der Waals surface area contributed by atoms with Crippen LogP contribution in [0.25, 0.3) is 0 Å². The first-order valence-electron chi connectivity index (χ1n) is 6.38. The highest BCUT2D eigenvalue weighted by molar-refractivity contribution is 9.10. The van der Waals surface area contributed by atoms with Gasteiger partial charge < -0.3 is 14.8 Å². The second-order valence-corrected chi connectivity index (χ2v) is 5.39. The van der Waals surface area contributed by atoms with E-state index in [4.69, 9.17) is 21.1 Å². The van der Waals surface area contributed by atoms with Gasteiger partial charge in [0.1, 0.15) is 18.2 Å². The van der Waals surface area contributed by atoms with E-state index < -0.39 is 0 Å². The first-order valence-corrected chi connectivity index (χ1v) is 7.55. The zero-order valence-electron chi connectivity index (χ0n) is 11.7. The van der Waals surface area contributed by atoms with Crippen LogP contribution in [0.2, 0.25) is 5.02 Å². The third-order valence-corrected chi connectivity index (χ3v) is 3.34. The minimum atomic E-state index is 0.330. The molecule has 1 N–H and O–H groups in total. The molecular formula is C14H15BrClN3O2. The molecule has 0 spiro atoms. The summed E-state index contributed by atoms with van der Waals surface area (Å²) >= 11 is 9.49. The average Bonchev–Trinajstić information content (AvgIpc) is 2.48. The van der Waals surface area contributed by atoms with Crippen molar-refractivity contribution in [3.8, 4) is 11.6 Å². The molecule has 0 fully saturated rings. The Morgan fingerprint density at radius 2 is 2.10 bits per heavy atom. The van der Waals surface area contributed by atoms with Gasteiger partial charge in [0.05, 0.1) is 5.02 Å². The summed E-state index contributed by atoms with van der Waals surface area (Å²) in [5.41, 5.74) is 0. The molecule has 0 saturated heterocycles. The lowest BCUT2D eigenvalue weighted by molar-refractivity contribution is 0.128. The van der Waals surface area contributed by atoms with Crippen LogP contribution in [-0.2, 0) is 11.3 Å². The highest BCUT2D eigenvalue weighted by Crippen LogP contribution is 2.31. The molecule has 7 heteroatoms. The molecule has 0 amide bonds. The fourth-order valence-electron chi connectivity index (χ4n) is 1.58. The van der Waals surface area contributed by atoms with Gasteiger partial charge in [-0.2, -0.15) is 4.98 Å². The highest BCUT2D eigenvalue weighted by atomic mass is 79.9. The summed E-state index contributed by atoms with van der Waals surface area (Å²) in [6, 6.07) is 7.09. The van der Waals surface area contributed by atoms with Gasteiger partial charge in [0.15, 0.2) is 5.82 Å². The molecule has 2 aromatic rings. The number of halogens is 2. The summed E-state index contributed by atoms with van der Waals surface area (Å²) in [7, 11) is 1.78. The van der Waals surface area contributed by atoms with Gasteiger partial charge >= 0.3 is 0 Å². The summed E-state index contributed by atoms with van der Waals surface area (Å²) in [6.07, 6.45) is 0. The van der Waals surface area contributed by atoms with Gasteiger partial charge in [0.2, 0.25) is 5.88 Å². The topological polar surface area (TPSA) is 56.3 Å². The Kier molecular flexibility index (Phi) is 5.78. The first-order chi connectivity index (χ1) is 10.1. The Bertz CT molecular complexity index is 625. The number of aromatic nitrogens is 2. The molecule has 0 saturated carbocycles. The molecule has 112 valence electrons. The first kappa shape index (κ1) is 16.0. The van der Waals surface area contributed by atoms with E-state index in [9.17, 15) is 0 Å². The van der Waals surface area contributed by atoms with Crippen LogP contribution in [0, 0.1) is 0 Å². The molecule has 0 atom stereocenters. The second-order valence-electron chi connectivity index (χ2n) is 4.07. The van der Waals surface area contributed by atoms with Gasteiger partial charge in [-0.1, -0.05) is 27.5 Å². The van der Waals surface area contributed by atoms with Gasteiger partial charge in [0.25, 0.3) is 0 Å². The standard InChI is InChI=1S/C14H15BrClN3O2/c1-3-20-8-13-18-12(17-2)7-14(19-13)21-11-5-4-9(15)6-10(11)16/h4-7H,3,8H2,1-2H3,(H,17,18,19). The molecular weight excluding hydrogens is 358 g/mol. The minimum absolute atomic E-state index is 0.330. The monoisotopic (exact) mass is 371 g/mol. The van der Waals surface area contributed by atoms with Crippen LogP contribution < -0.4 is 10.1 Å². The summed E-state index contributed by atoms with van der Waals surface area (Å²) < 4.78 is 11.9. The van der Waals surface area contributed by atoms with Crippen LogP contribution in [0.4, 0.5) is 5.82 Å². The number of nitrogens with one attached hydrogen (secondary N) is 1. The van der Waals surface area contributed by atoms with Crippen LogP contribution in [-0.4, -0.2) is 23.6 Å². The Morgan fingerprint density at radius 1 is 1.29 bits per heavy atom. The lowest BCUT2D eigenvalue weighted by Gasteiger charge is -2.10. The SMILES string of the molecule is CCOCc1nc(NC)cc(Oc2ccc(Br)cc2Cl)n1. The maximum absolute atomic E-state index is 6.14. The molecule has 2 rings (SSSR count). The Balaban J connectivity index is 2.25. The normalized spacial score (nSPS) is 10.5. The quantitative estimate of drug-likeness (QED) is 0.821. The molecule has 0 bridgehead atoms. The van der Waals surface area contributed by atoms with E-state index in [0.29, 0.717) is 41.5 Å². The number of hydrogen-bond donors (Lipinski definition) is 1. The van der Waals surface area contributed by atoms with Crippen molar-refractivity contribution in [1.29, 1.82) is 0 Å². The highest BCUT2D eigenvalue weighted by Gasteiger charge is 2.09. The molecule has 21 heavy (non-hydrogen) atoms. The number of nitrogens with zero attached hydrogens (tertiary/aromatic N) is 2. The second kappa shape index (κ2) is 7.59. The Morgan fingerprint density at radius 3 is 2.76 bits per heavy atom. The number of ether oxygens (including phenoxy) is 2. The van der Waals surface area contributed by atoms with Crippen molar-refractivity contribution in [1.82, 2.24) is 9.97 Å². The maximum Gasteiger partial charge on any atom is 0.224 e. The predicted molar refractivity (Wildman–Crippen MR) is 86.1 cm³/mol. The molecule has 0 aliphatic heterocycles. The summed E-state index contributed by atoms with van der Waals surface area (Å²) in [5.74, 6) is 2.14. The Hall–Kier alpha value is -1.37. The van der Waals surface area contributed by atoms with E-state index in [0.717, 1.165) is 4.47 Å². The summed E-state index contributed by atoms with van der Waals surface area (Å²) in [6.45, 7) is 2.85. The molecule has 5 nitrogen and oxygen atoms in total. The van der Waals surface area contributed by atoms with E-state index in [1.54, 1.807) is 25.2 Å². The Labute approximate surface area is 136 Å². The number of benzene rings is 1. The van der Waals surface area contributed by atoms with E-state index in [2.05, 4.69) is 31.2 Å². The number of anilines is 1. The molecule has 1 aromatic heterocycles. The van der Waals surface area contributed by atoms with Crippen molar-refractivity contribution < 1.29 is 9.47 Å². The molecule has 0 aliphatic carbocycles. The van der Waals surface area contributed by atoms with Crippen molar-refractivity contribution in [3.05, 3.63) is 39.6 Å². The lowest BCUT2D eigenvalue weighted by atomic mass is 10.3. The largest absolute Gasteiger partial charge is 0.437 e. The van der Waals surface area contributed by atoms with E-state index in [1.165, 1.54) is 0 Å². The summed E-state index contributed by atoms with van der Waals surface area (Å²) in [4.78, 5) is 8.61. The lowest BCUT2D eigenvalue weighted by Crippen LogP contribution is -2.04. The van der Waals surface area contributed by atoms with Gasteiger partial charge in [-0.15, -0.1) is 0 Å². The van der Waals surface area contributed by atoms with Gasteiger partial charge in [0, 0.05) is 24.2 Å². The zero-order valence-corrected chi connectivity index (χ0v) is 14.0. The van der Waals surface area contributed by atoms with Crippen molar-refractivity contribution in [2.75, 3.05) is 19.0 Å². The minimum Gasteiger partial charge on any atom is -0.437 e. The van der Waals surface area contributed by atoms with E-state index in [1.807, 2.05) is 13.0 Å². The van der Waals surface area contributed by atoms with E-state index in [-0.39, 0.29) is 0 Å². The fraction of sp³-hybridized carbons (Fsp3) is 0.286. The molecule has 1 aromatic carbocycles. The van der Waals surface area contributed by atoms with Crippen molar-refractivity contribution in [2.24, 2.45) is 0 Å². The fourth-order valence-corrected chi connectivity index (χ4v) is 2.29. The summed E-state index contributed by atoms with van der Waals surface area (Å²) in [5, 5.41) is 3.47. The van der Waals surface area contributed by atoms with Crippen LogP contribution in [0.5, 0.6) is 11.6 Å². The molecule has 0 radical (unpaired) electrons. The smallest absolute Gasteiger partial charge is 0.224 e. The van der Waals surface area contributed by atoms with E-state index >= 15 is 0 Å². The van der Waals surface area contributed by atoms with Gasteiger partial charge in [-0.25, -0.2) is 4.98 Å². The molecule has 0 aliphatic rings. The predicted octanol–water partition coefficient (Wildman–Crippen LogP) is 4.26. The molecule has 0 unspecified atom stereocenters. The molecule has 1 heterocycles. The van der Waals surface area contributed by atoms with Gasteiger partial charge in [-0.05, 0) is 25.1 Å². The van der Waals surface area contributed by atoms with Crippen molar-refractivity contribution in [3.63, 3.8) is 0 Å².